The molecule has 302 valence electrons. The molecule has 0 atom stereocenters. The van der Waals surface area contributed by atoms with Gasteiger partial charge in [0.2, 0.25) is 0 Å². The molecular weight excluding hydrogens is 757 g/mol. The second-order valence-corrected chi connectivity index (χ2v) is 17.4. The van der Waals surface area contributed by atoms with E-state index >= 15 is 0 Å². The number of rotatable bonds is 6. The SMILES string of the molecule is Cc1ccc(N(c2cc(C)c(C)c(C)c2)c2cc3oc4c(ccc5oc6cc(N(c7ccc(C)cc7)c7cc(C)c(C)c(C)c7)c7ccccc7c6c54)c3c3ccccc23)cc1. The number of furan rings is 2. The summed E-state index contributed by atoms with van der Waals surface area (Å²) in [6.45, 7) is 17.5. The minimum atomic E-state index is 0.800. The van der Waals surface area contributed by atoms with Crippen LogP contribution in [0.1, 0.15) is 44.5 Å². The van der Waals surface area contributed by atoms with Gasteiger partial charge in [-0.15, -0.1) is 0 Å². The molecule has 0 fully saturated rings. The maximum Gasteiger partial charge on any atom is 0.147 e. The van der Waals surface area contributed by atoms with Crippen LogP contribution in [0.25, 0.3) is 65.4 Å². The fourth-order valence-corrected chi connectivity index (χ4v) is 9.67. The summed E-state index contributed by atoms with van der Waals surface area (Å²) in [5.41, 5.74) is 20.0. The quantitative estimate of drug-likeness (QED) is 0.168. The van der Waals surface area contributed by atoms with Gasteiger partial charge in [0.25, 0.3) is 0 Å². The van der Waals surface area contributed by atoms with Crippen molar-refractivity contribution in [2.24, 2.45) is 0 Å². The third-order valence-corrected chi connectivity index (χ3v) is 13.4. The Balaban J connectivity index is 1.20. The molecule has 0 bridgehead atoms. The highest BCUT2D eigenvalue weighted by Gasteiger charge is 2.26. The molecule has 0 radical (unpaired) electrons. The van der Waals surface area contributed by atoms with Crippen LogP contribution in [0.5, 0.6) is 0 Å². The number of nitrogens with zero attached hydrogens (tertiary/aromatic N) is 2. The van der Waals surface area contributed by atoms with Crippen molar-refractivity contribution in [1.82, 2.24) is 0 Å². The monoisotopic (exact) mass is 804 g/mol. The molecule has 0 unspecified atom stereocenters. The minimum Gasteiger partial charge on any atom is -0.456 e. The van der Waals surface area contributed by atoms with E-state index in [0.717, 1.165) is 99.5 Å². The lowest BCUT2D eigenvalue weighted by Gasteiger charge is -2.28. The molecule has 0 aliphatic heterocycles. The van der Waals surface area contributed by atoms with Crippen LogP contribution in [0.2, 0.25) is 0 Å². The minimum absolute atomic E-state index is 0.800. The normalized spacial score (nSPS) is 11.9. The van der Waals surface area contributed by atoms with E-state index in [-0.39, 0.29) is 0 Å². The molecule has 9 aromatic carbocycles. The van der Waals surface area contributed by atoms with Gasteiger partial charge in [-0.25, -0.2) is 0 Å². The van der Waals surface area contributed by atoms with Gasteiger partial charge in [-0.1, -0.05) is 83.9 Å². The summed E-state index contributed by atoms with van der Waals surface area (Å²) in [4.78, 5) is 4.78. The average molecular weight is 805 g/mol. The Morgan fingerprint density at radius 1 is 0.323 bits per heavy atom. The van der Waals surface area contributed by atoms with Crippen LogP contribution < -0.4 is 9.80 Å². The third-order valence-electron chi connectivity index (χ3n) is 13.4. The van der Waals surface area contributed by atoms with Crippen molar-refractivity contribution in [3.63, 3.8) is 0 Å². The smallest absolute Gasteiger partial charge is 0.147 e. The van der Waals surface area contributed by atoms with Crippen LogP contribution in [-0.2, 0) is 0 Å². The van der Waals surface area contributed by atoms with E-state index in [9.17, 15) is 0 Å². The Morgan fingerprint density at radius 3 is 1.21 bits per heavy atom. The van der Waals surface area contributed by atoms with Crippen LogP contribution in [0.3, 0.4) is 0 Å². The Kier molecular flexibility index (Phi) is 8.59. The number of anilines is 6. The summed E-state index contributed by atoms with van der Waals surface area (Å²) in [5, 5.41) is 8.78. The zero-order valence-electron chi connectivity index (χ0n) is 36.6. The summed E-state index contributed by atoms with van der Waals surface area (Å²) in [5.74, 6) is 0. The van der Waals surface area contributed by atoms with Crippen molar-refractivity contribution in [3.05, 3.63) is 190 Å². The summed E-state index contributed by atoms with van der Waals surface area (Å²) in [7, 11) is 0. The second kappa shape index (κ2) is 14.1. The predicted molar refractivity (Wildman–Crippen MR) is 263 cm³/mol. The van der Waals surface area contributed by atoms with Crippen molar-refractivity contribution in [1.29, 1.82) is 0 Å². The molecule has 4 nitrogen and oxygen atoms in total. The highest BCUT2D eigenvalue weighted by atomic mass is 16.3. The summed E-state index contributed by atoms with van der Waals surface area (Å²) in [6, 6.07) is 53.2. The molecule has 0 saturated carbocycles. The molecule has 2 heterocycles. The van der Waals surface area contributed by atoms with Gasteiger partial charge in [-0.3, -0.25) is 0 Å². The maximum atomic E-state index is 7.21. The predicted octanol–water partition coefficient (Wildman–Crippen LogP) is 17.2. The second-order valence-electron chi connectivity index (χ2n) is 17.4. The van der Waals surface area contributed by atoms with Crippen LogP contribution in [-0.4, -0.2) is 0 Å². The standard InChI is InChI=1S/C58H48N2O2/c1-33-17-21-41(22-18-33)59(43-27-35(3)39(7)36(4)28-43)50-31-53-55(47-15-11-9-13-45(47)50)49-25-26-52-57(58(49)62-53)56-48-16-12-10-14-46(48)51(32-54(56)61-52)60(42-23-19-34(2)20-24-42)44-29-37(5)40(8)38(6)30-44/h9-32H,1-8H3. The lowest BCUT2D eigenvalue weighted by Crippen LogP contribution is -2.11. The van der Waals surface area contributed by atoms with Crippen LogP contribution in [0.15, 0.2) is 154 Å². The Labute approximate surface area is 362 Å². The number of fused-ring (bicyclic) bond motifs is 11. The van der Waals surface area contributed by atoms with Gasteiger partial charge in [0.15, 0.2) is 0 Å². The first-order valence-electron chi connectivity index (χ1n) is 21.6. The van der Waals surface area contributed by atoms with Gasteiger partial charge in [-0.2, -0.15) is 0 Å². The fourth-order valence-electron chi connectivity index (χ4n) is 9.67. The van der Waals surface area contributed by atoms with Gasteiger partial charge >= 0.3 is 0 Å². The lowest BCUT2D eigenvalue weighted by molar-refractivity contribution is 0.663. The summed E-state index contributed by atoms with van der Waals surface area (Å²) < 4.78 is 14.1. The van der Waals surface area contributed by atoms with E-state index in [1.807, 2.05) is 0 Å². The number of benzene rings is 9. The topological polar surface area (TPSA) is 32.8 Å². The first-order chi connectivity index (χ1) is 30.0. The Hall–Kier alpha value is -7.30. The lowest BCUT2D eigenvalue weighted by atomic mass is 9.97. The molecule has 0 amide bonds. The van der Waals surface area contributed by atoms with Crippen LogP contribution in [0, 0.1) is 55.4 Å². The molecule has 0 aliphatic rings. The Bertz CT molecular complexity index is 3560. The van der Waals surface area contributed by atoms with Gasteiger partial charge in [0.05, 0.1) is 16.8 Å². The van der Waals surface area contributed by atoms with E-state index in [1.54, 1.807) is 0 Å². The molecule has 0 N–H and O–H groups in total. The van der Waals surface area contributed by atoms with Gasteiger partial charge in [0, 0.05) is 61.8 Å². The van der Waals surface area contributed by atoms with E-state index in [4.69, 9.17) is 8.83 Å². The summed E-state index contributed by atoms with van der Waals surface area (Å²) in [6.07, 6.45) is 0. The maximum absolute atomic E-state index is 7.21. The van der Waals surface area contributed by atoms with E-state index in [1.165, 1.54) is 44.5 Å². The van der Waals surface area contributed by atoms with Crippen molar-refractivity contribution < 1.29 is 8.83 Å². The molecule has 62 heavy (non-hydrogen) atoms. The van der Waals surface area contributed by atoms with E-state index < -0.39 is 0 Å². The zero-order valence-corrected chi connectivity index (χ0v) is 36.6. The molecule has 4 heteroatoms. The van der Waals surface area contributed by atoms with Gasteiger partial charge in [-0.05, 0) is 160 Å². The molecule has 11 aromatic rings. The first kappa shape index (κ1) is 37.7. The van der Waals surface area contributed by atoms with Crippen LogP contribution >= 0.6 is 0 Å². The van der Waals surface area contributed by atoms with Crippen molar-refractivity contribution in [2.45, 2.75) is 55.4 Å². The van der Waals surface area contributed by atoms with Gasteiger partial charge in [0.1, 0.15) is 22.3 Å². The van der Waals surface area contributed by atoms with Crippen molar-refractivity contribution in [2.75, 3.05) is 9.80 Å². The molecule has 11 rings (SSSR count). The van der Waals surface area contributed by atoms with Crippen molar-refractivity contribution >= 4 is 99.5 Å². The summed E-state index contributed by atoms with van der Waals surface area (Å²) >= 11 is 0. The molecular formula is C58H48N2O2. The molecule has 0 spiro atoms. The highest BCUT2D eigenvalue weighted by molar-refractivity contribution is 6.32. The molecule has 0 saturated heterocycles. The first-order valence-corrected chi connectivity index (χ1v) is 21.6. The third kappa shape index (κ3) is 5.81. The Morgan fingerprint density at radius 2 is 0.742 bits per heavy atom. The molecule has 2 aromatic heterocycles. The van der Waals surface area contributed by atoms with E-state index in [2.05, 4.69) is 211 Å². The zero-order chi connectivity index (χ0) is 42.6. The fraction of sp³-hybridized carbons (Fsp3) is 0.138. The highest BCUT2D eigenvalue weighted by Crippen LogP contribution is 2.50. The average Bonchev–Trinajstić information content (AvgIpc) is 3.85. The van der Waals surface area contributed by atoms with Crippen molar-refractivity contribution in [3.8, 4) is 0 Å². The largest absolute Gasteiger partial charge is 0.456 e. The van der Waals surface area contributed by atoms with Gasteiger partial charge < -0.3 is 18.6 Å². The number of hydrogen-bond donors (Lipinski definition) is 0. The van der Waals surface area contributed by atoms with Crippen LogP contribution in [0.4, 0.5) is 34.1 Å². The number of hydrogen-bond acceptors (Lipinski definition) is 4. The number of aryl methyl sites for hydroxylation is 6. The van der Waals surface area contributed by atoms with E-state index in [0.29, 0.717) is 0 Å². The molecule has 0 aliphatic carbocycles.